The van der Waals surface area contributed by atoms with Crippen LogP contribution in [0.15, 0.2) is 36.5 Å². The maximum atomic E-state index is 10.8. The lowest BCUT2D eigenvalue weighted by Crippen LogP contribution is -2.30. The summed E-state index contributed by atoms with van der Waals surface area (Å²) in [5, 5.41) is 18.8. The van der Waals surface area contributed by atoms with E-state index in [0.717, 1.165) is 17.8 Å². The maximum absolute atomic E-state index is 10.8. The van der Waals surface area contributed by atoms with Crippen molar-refractivity contribution in [3.63, 3.8) is 0 Å². The first-order valence-corrected chi connectivity index (χ1v) is 6.86. The van der Waals surface area contributed by atoms with Crippen molar-refractivity contribution >= 4 is 0 Å². The average molecular weight is 257 g/mol. The third-order valence-corrected chi connectivity index (χ3v) is 4.01. The number of aliphatic hydroxyl groups is 1. The zero-order valence-corrected chi connectivity index (χ0v) is 11.2. The summed E-state index contributed by atoms with van der Waals surface area (Å²) in [4.78, 5) is 0. The molecule has 1 aromatic carbocycles. The Kier molecular flexibility index (Phi) is 3.11. The van der Waals surface area contributed by atoms with Gasteiger partial charge in [-0.3, -0.25) is 0 Å². The Morgan fingerprint density at radius 1 is 1.32 bits per heavy atom. The molecule has 0 bridgehead atoms. The number of hydrogen-bond acceptors (Lipinski definition) is 3. The minimum atomic E-state index is -0.871. The van der Waals surface area contributed by atoms with Crippen molar-refractivity contribution < 1.29 is 5.11 Å². The highest BCUT2D eigenvalue weighted by atomic mass is 16.3. The molecule has 1 aliphatic rings. The lowest BCUT2D eigenvalue weighted by atomic mass is 9.77. The van der Waals surface area contributed by atoms with E-state index in [-0.39, 0.29) is 0 Å². The second kappa shape index (κ2) is 4.78. The number of hydrogen-bond donors (Lipinski definition) is 1. The third-order valence-electron chi connectivity index (χ3n) is 4.01. The highest BCUT2D eigenvalue weighted by molar-refractivity contribution is 5.32. The maximum Gasteiger partial charge on any atom is 0.106 e. The molecule has 4 heteroatoms. The van der Waals surface area contributed by atoms with Gasteiger partial charge in [-0.05, 0) is 31.4 Å². The number of rotatable bonds is 4. The summed E-state index contributed by atoms with van der Waals surface area (Å²) in [6.45, 7) is 1.86. The van der Waals surface area contributed by atoms with Crippen molar-refractivity contribution in [3.8, 4) is 5.69 Å². The fourth-order valence-electron chi connectivity index (χ4n) is 2.73. The minimum Gasteiger partial charge on any atom is -0.384 e. The molecule has 19 heavy (non-hydrogen) atoms. The molecule has 4 nitrogen and oxygen atoms in total. The van der Waals surface area contributed by atoms with Crippen LogP contribution in [0.3, 0.4) is 0 Å². The Balaban J connectivity index is 1.90. The molecule has 0 aliphatic heterocycles. The van der Waals surface area contributed by atoms with Crippen LogP contribution in [-0.4, -0.2) is 20.1 Å². The highest BCUT2D eigenvalue weighted by Crippen LogP contribution is 2.38. The van der Waals surface area contributed by atoms with Crippen LogP contribution < -0.4 is 0 Å². The predicted molar refractivity (Wildman–Crippen MR) is 72.9 cm³/mol. The fourth-order valence-corrected chi connectivity index (χ4v) is 2.73. The van der Waals surface area contributed by atoms with Gasteiger partial charge in [0.05, 0.1) is 17.6 Å². The molecule has 1 aromatic heterocycles. The van der Waals surface area contributed by atoms with Crippen molar-refractivity contribution in [3.05, 3.63) is 42.2 Å². The first-order valence-electron chi connectivity index (χ1n) is 6.86. The zero-order valence-electron chi connectivity index (χ0n) is 11.2. The van der Waals surface area contributed by atoms with Crippen molar-refractivity contribution in [1.29, 1.82) is 0 Å². The normalized spacial score (nSPS) is 18.8. The lowest BCUT2D eigenvalue weighted by Gasteiger charge is -2.33. The third kappa shape index (κ3) is 2.40. The summed E-state index contributed by atoms with van der Waals surface area (Å²) >= 11 is 0. The molecule has 1 heterocycles. The summed E-state index contributed by atoms with van der Waals surface area (Å²) in [6, 6.07) is 9.82. The topological polar surface area (TPSA) is 50.9 Å². The van der Waals surface area contributed by atoms with Crippen molar-refractivity contribution in [2.75, 3.05) is 0 Å². The molecule has 3 rings (SSSR count). The van der Waals surface area contributed by atoms with E-state index in [2.05, 4.69) is 10.3 Å². The van der Waals surface area contributed by atoms with Crippen molar-refractivity contribution in [2.24, 2.45) is 5.92 Å². The average Bonchev–Trinajstić information content (AvgIpc) is 2.85. The summed E-state index contributed by atoms with van der Waals surface area (Å²) in [5.74, 6) is 0.633. The largest absolute Gasteiger partial charge is 0.384 e. The molecule has 1 atom stereocenters. The molecule has 0 spiro atoms. The van der Waals surface area contributed by atoms with E-state index < -0.39 is 5.60 Å². The quantitative estimate of drug-likeness (QED) is 0.916. The van der Waals surface area contributed by atoms with Gasteiger partial charge in [-0.2, -0.15) is 0 Å². The number of nitrogens with zero attached hydrogens (tertiary/aromatic N) is 3. The van der Waals surface area contributed by atoms with Crippen LogP contribution in [0, 0.1) is 5.92 Å². The smallest absolute Gasteiger partial charge is 0.106 e. The van der Waals surface area contributed by atoms with Crippen LogP contribution in [0.25, 0.3) is 5.69 Å². The molecule has 1 aliphatic carbocycles. The minimum absolute atomic E-state index is 0.633. The van der Waals surface area contributed by atoms with E-state index in [1.165, 1.54) is 19.3 Å². The monoisotopic (exact) mass is 257 g/mol. The number of benzene rings is 1. The Bertz CT molecular complexity index is 544. The standard InChI is InChI=1S/C15H19N3O/c1-15(19,10-12-6-5-7-12)14-11-16-17-18(14)13-8-3-2-4-9-13/h2-4,8-9,11-12,19H,5-7,10H2,1H3. The van der Waals surface area contributed by atoms with E-state index in [9.17, 15) is 5.11 Å². The zero-order chi connectivity index (χ0) is 13.3. The first kappa shape index (κ1) is 12.4. The van der Waals surface area contributed by atoms with Gasteiger partial charge < -0.3 is 5.11 Å². The van der Waals surface area contributed by atoms with Crippen LogP contribution in [0.1, 0.15) is 38.3 Å². The van der Waals surface area contributed by atoms with Gasteiger partial charge >= 0.3 is 0 Å². The molecule has 0 saturated heterocycles. The Hall–Kier alpha value is -1.68. The van der Waals surface area contributed by atoms with Crippen molar-refractivity contribution in [1.82, 2.24) is 15.0 Å². The summed E-state index contributed by atoms with van der Waals surface area (Å²) in [5.41, 5.74) is 0.833. The Labute approximate surface area is 113 Å². The second-order valence-corrected chi connectivity index (χ2v) is 5.64. The molecule has 1 saturated carbocycles. The SMILES string of the molecule is CC(O)(CC1CCC1)c1cnnn1-c1ccccc1. The van der Waals surface area contributed by atoms with Gasteiger partial charge in [0.25, 0.3) is 0 Å². The second-order valence-electron chi connectivity index (χ2n) is 5.64. The molecular formula is C15H19N3O. The van der Waals surface area contributed by atoms with Crippen LogP contribution in [-0.2, 0) is 5.60 Å². The van der Waals surface area contributed by atoms with Gasteiger partial charge in [0.15, 0.2) is 0 Å². The molecule has 2 aromatic rings. The summed E-state index contributed by atoms with van der Waals surface area (Å²) < 4.78 is 1.73. The fraction of sp³-hybridized carbons (Fsp3) is 0.467. The van der Waals surface area contributed by atoms with Gasteiger partial charge in [-0.15, -0.1) is 5.10 Å². The molecule has 0 radical (unpaired) electrons. The lowest BCUT2D eigenvalue weighted by molar-refractivity contribution is 0.0102. The summed E-state index contributed by atoms with van der Waals surface area (Å²) in [7, 11) is 0. The molecule has 1 fully saturated rings. The molecule has 1 N–H and O–H groups in total. The molecule has 0 amide bonds. The van der Waals surface area contributed by atoms with E-state index in [0.29, 0.717) is 5.92 Å². The van der Waals surface area contributed by atoms with Gasteiger partial charge in [0.2, 0.25) is 0 Å². The van der Waals surface area contributed by atoms with E-state index in [4.69, 9.17) is 0 Å². The van der Waals surface area contributed by atoms with Crippen LogP contribution in [0.2, 0.25) is 0 Å². The van der Waals surface area contributed by atoms with Gasteiger partial charge in [0, 0.05) is 0 Å². The number of aromatic nitrogens is 3. The summed E-state index contributed by atoms with van der Waals surface area (Å²) in [6.07, 6.45) is 6.20. The highest BCUT2D eigenvalue weighted by Gasteiger charge is 2.33. The van der Waals surface area contributed by atoms with Gasteiger partial charge in [-0.25, -0.2) is 4.68 Å². The predicted octanol–water partition coefficient (Wildman–Crippen LogP) is 2.67. The Morgan fingerprint density at radius 2 is 2.05 bits per heavy atom. The van der Waals surface area contributed by atoms with Crippen LogP contribution in [0.4, 0.5) is 0 Å². The first-order chi connectivity index (χ1) is 9.17. The van der Waals surface area contributed by atoms with E-state index in [1.54, 1.807) is 10.9 Å². The van der Waals surface area contributed by atoms with E-state index >= 15 is 0 Å². The molecule has 1 unspecified atom stereocenters. The van der Waals surface area contributed by atoms with Crippen LogP contribution in [0.5, 0.6) is 0 Å². The van der Waals surface area contributed by atoms with Crippen molar-refractivity contribution in [2.45, 2.75) is 38.2 Å². The van der Waals surface area contributed by atoms with Gasteiger partial charge in [0.1, 0.15) is 5.60 Å². The van der Waals surface area contributed by atoms with E-state index in [1.807, 2.05) is 37.3 Å². The van der Waals surface area contributed by atoms with Crippen LogP contribution >= 0.6 is 0 Å². The molecule has 100 valence electrons. The van der Waals surface area contributed by atoms with Gasteiger partial charge in [-0.1, -0.05) is 42.7 Å². The Morgan fingerprint density at radius 3 is 2.68 bits per heavy atom. The molecular weight excluding hydrogens is 238 g/mol. The number of para-hydroxylation sites is 1.